The first kappa shape index (κ1) is 9.00. The van der Waals surface area contributed by atoms with E-state index in [4.69, 9.17) is 9.47 Å². The summed E-state index contributed by atoms with van der Waals surface area (Å²) >= 11 is 0. The SMILES string of the molecule is CC1(C23CCCCC2O3)CCC2OC2C1. The summed E-state index contributed by atoms with van der Waals surface area (Å²) in [5.41, 5.74) is 0.706. The first-order chi connectivity index (χ1) is 7.24. The van der Waals surface area contributed by atoms with Crippen LogP contribution in [0.4, 0.5) is 0 Å². The Morgan fingerprint density at radius 1 is 1.07 bits per heavy atom. The second-order valence-electron chi connectivity index (χ2n) is 6.26. The number of hydrogen-bond donors (Lipinski definition) is 0. The van der Waals surface area contributed by atoms with Crippen molar-refractivity contribution in [1.29, 1.82) is 0 Å². The third-order valence-electron chi connectivity index (χ3n) is 5.42. The molecule has 2 aliphatic carbocycles. The number of hydrogen-bond acceptors (Lipinski definition) is 2. The highest BCUT2D eigenvalue weighted by molar-refractivity contribution is 5.17. The second kappa shape index (κ2) is 2.60. The molecule has 2 heteroatoms. The summed E-state index contributed by atoms with van der Waals surface area (Å²) in [6.07, 6.45) is 11.0. The van der Waals surface area contributed by atoms with Crippen LogP contribution in [0.15, 0.2) is 0 Å². The Morgan fingerprint density at radius 3 is 2.80 bits per heavy atom. The molecular weight excluding hydrogens is 188 g/mol. The molecule has 84 valence electrons. The molecule has 0 amide bonds. The third-order valence-corrected chi connectivity index (χ3v) is 5.42. The molecule has 2 saturated heterocycles. The molecule has 2 heterocycles. The summed E-state index contributed by atoms with van der Waals surface area (Å²) in [6, 6.07) is 0. The maximum atomic E-state index is 6.12. The minimum absolute atomic E-state index is 0.280. The molecule has 0 bridgehead atoms. The molecule has 4 fully saturated rings. The van der Waals surface area contributed by atoms with Gasteiger partial charge in [-0.15, -0.1) is 0 Å². The molecule has 0 spiro atoms. The van der Waals surface area contributed by atoms with Crippen LogP contribution in [0.3, 0.4) is 0 Å². The van der Waals surface area contributed by atoms with E-state index in [0.717, 1.165) is 0 Å². The predicted octanol–water partition coefficient (Wildman–Crippen LogP) is 2.66. The zero-order valence-corrected chi connectivity index (χ0v) is 9.50. The van der Waals surface area contributed by atoms with Crippen molar-refractivity contribution in [2.75, 3.05) is 0 Å². The molecule has 5 unspecified atom stereocenters. The van der Waals surface area contributed by atoms with E-state index in [1.807, 2.05) is 0 Å². The fourth-order valence-corrected chi connectivity index (χ4v) is 4.29. The van der Waals surface area contributed by atoms with Crippen LogP contribution in [0.25, 0.3) is 0 Å². The minimum atomic E-state index is 0.280. The summed E-state index contributed by atoms with van der Waals surface area (Å²) in [5.74, 6) is 0. The van der Waals surface area contributed by atoms with E-state index in [9.17, 15) is 0 Å². The number of ether oxygens (including phenoxy) is 2. The van der Waals surface area contributed by atoms with Crippen molar-refractivity contribution in [2.45, 2.75) is 75.8 Å². The predicted molar refractivity (Wildman–Crippen MR) is 56.7 cm³/mol. The quantitative estimate of drug-likeness (QED) is 0.619. The fraction of sp³-hybridized carbons (Fsp3) is 1.00. The molecule has 0 aromatic heterocycles. The Bertz CT molecular complexity index is 303. The maximum Gasteiger partial charge on any atom is 0.100 e. The van der Waals surface area contributed by atoms with Crippen molar-refractivity contribution >= 4 is 0 Å². The van der Waals surface area contributed by atoms with Crippen LogP contribution in [0.1, 0.15) is 51.9 Å². The van der Waals surface area contributed by atoms with Gasteiger partial charge in [-0.25, -0.2) is 0 Å². The van der Waals surface area contributed by atoms with Crippen LogP contribution < -0.4 is 0 Å². The Morgan fingerprint density at radius 2 is 2.00 bits per heavy atom. The van der Waals surface area contributed by atoms with E-state index in [1.54, 1.807) is 0 Å². The molecule has 0 N–H and O–H groups in total. The van der Waals surface area contributed by atoms with Crippen LogP contribution in [0.2, 0.25) is 0 Å². The minimum Gasteiger partial charge on any atom is -0.370 e. The molecule has 2 aliphatic heterocycles. The second-order valence-corrected chi connectivity index (χ2v) is 6.26. The summed E-state index contributed by atoms with van der Waals surface area (Å²) in [6.45, 7) is 2.45. The van der Waals surface area contributed by atoms with Crippen molar-refractivity contribution in [1.82, 2.24) is 0 Å². The van der Waals surface area contributed by atoms with E-state index in [0.29, 0.717) is 23.7 Å². The Hall–Kier alpha value is -0.0800. The molecule has 2 saturated carbocycles. The van der Waals surface area contributed by atoms with Gasteiger partial charge in [-0.05, 0) is 32.1 Å². The van der Waals surface area contributed by atoms with E-state index in [2.05, 4.69) is 6.92 Å². The smallest absolute Gasteiger partial charge is 0.100 e. The van der Waals surface area contributed by atoms with Crippen LogP contribution in [0, 0.1) is 5.41 Å². The van der Waals surface area contributed by atoms with E-state index in [1.165, 1.54) is 44.9 Å². The van der Waals surface area contributed by atoms with Gasteiger partial charge in [0.15, 0.2) is 0 Å². The summed E-state index contributed by atoms with van der Waals surface area (Å²) < 4.78 is 11.8. The van der Waals surface area contributed by atoms with Gasteiger partial charge >= 0.3 is 0 Å². The highest BCUT2D eigenvalue weighted by Gasteiger charge is 2.69. The van der Waals surface area contributed by atoms with Gasteiger partial charge in [0.2, 0.25) is 0 Å². The van der Waals surface area contributed by atoms with E-state index >= 15 is 0 Å². The molecule has 0 radical (unpaired) electrons. The van der Waals surface area contributed by atoms with Gasteiger partial charge in [0.1, 0.15) is 5.60 Å². The highest BCUT2D eigenvalue weighted by Crippen LogP contribution is 2.64. The van der Waals surface area contributed by atoms with E-state index in [-0.39, 0.29) is 5.60 Å². The Balaban J connectivity index is 1.60. The van der Waals surface area contributed by atoms with Gasteiger partial charge in [-0.3, -0.25) is 0 Å². The number of fused-ring (bicyclic) bond motifs is 2. The average molecular weight is 208 g/mol. The number of rotatable bonds is 1. The van der Waals surface area contributed by atoms with Gasteiger partial charge < -0.3 is 9.47 Å². The van der Waals surface area contributed by atoms with Gasteiger partial charge in [0, 0.05) is 5.41 Å². The lowest BCUT2D eigenvalue weighted by molar-refractivity contribution is 0.0730. The summed E-state index contributed by atoms with van der Waals surface area (Å²) in [7, 11) is 0. The van der Waals surface area contributed by atoms with Crippen LogP contribution >= 0.6 is 0 Å². The number of epoxide rings is 2. The molecule has 2 nitrogen and oxygen atoms in total. The van der Waals surface area contributed by atoms with Crippen molar-refractivity contribution in [3.63, 3.8) is 0 Å². The molecule has 4 rings (SSSR count). The first-order valence-corrected chi connectivity index (χ1v) is 6.57. The maximum absolute atomic E-state index is 6.12. The summed E-state index contributed by atoms with van der Waals surface area (Å²) in [4.78, 5) is 0. The molecule has 0 aromatic rings. The molecule has 4 aliphatic rings. The topological polar surface area (TPSA) is 25.1 Å². The third kappa shape index (κ3) is 1.07. The molecule has 5 atom stereocenters. The van der Waals surface area contributed by atoms with Crippen molar-refractivity contribution in [3.05, 3.63) is 0 Å². The van der Waals surface area contributed by atoms with Crippen molar-refractivity contribution in [2.24, 2.45) is 5.41 Å². The zero-order valence-electron chi connectivity index (χ0n) is 9.50. The molecular formula is C13H20O2. The molecule has 0 aromatic carbocycles. The van der Waals surface area contributed by atoms with Gasteiger partial charge in [0.05, 0.1) is 18.3 Å². The normalized spacial score (nSPS) is 61.8. The highest BCUT2D eigenvalue weighted by atomic mass is 16.6. The van der Waals surface area contributed by atoms with Crippen LogP contribution in [-0.2, 0) is 9.47 Å². The lowest BCUT2D eigenvalue weighted by atomic mass is 9.62. The Kier molecular flexibility index (Phi) is 1.56. The lowest BCUT2D eigenvalue weighted by Crippen LogP contribution is -2.42. The van der Waals surface area contributed by atoms with Gasteiger partial charge in [-0.1, -0.05) is 19.8 Å². The van der Waals surface area contributed by atoms with Crippen molar-refractivity contribution < 1.29 is 9.47 Å². The average Bonchev–Trinajstić information content (AvgIpc) is 3.11. The monoisotopic (exact) mass is 208 g/mol. The first-order valence-electron chi connectivity index (χ1n) is 6.57. The van der Waals surface area contributed by atoms with Gasteiger partial charge in [-0.2, -0.15) is 0 Å². The lowest BCUT2D eigenvalue weighted by Gasteiger charge is -2.39. The zero-order chi connectivity index (χ0) is 10.1. The van der Waals surface area contributed by atoms with Crippen LogP contribution in [0.5, 0.6) is 0 Å². The standard InChI is InChI=1S/C13H20O2/c1-12(7-5-9-10(8-12)14-9)13-6-3-2-4-11(13)15-13/h9-11H,2-8H2,1H3. The van der Waals surface area contributed by atoms with Crippen LogP contribution in [-0.4, -0.2) is 23.9 Å². The van der Waals surface area contributed by atoms with Gasteiger partial charge in [0.25, 0.3) is 0 Å². The van der Waals surface area contributed by atoms with Crippen molar-refractivity contribution in [3.8, 4) is 0 Å². The largest absolute Gasteiger partial charge is 0.370 e. The summed E-state index contributed by atoms with van der Waals surface area (Å²) in [5, 5.41) is 0. The molecule has 15 heavy (non-hydrogen) atoms. The fourth-order valence-electron chi connectivity index (χ4n) is 4.29. The Labute approximate surface area is 91.3 Å². The van der Waals surface area contributed by atoms with E-state index < -0.39 is 0 Å².